The smallest absolute Gasteiger partial charge is 0.0252 e. The third-order valence-electron chi connectivity index (χ3n) is 3.67. The van der Waals surface area contributed by atoms with Crippen LogP contribution in [0.5, 0.6) is 0 Å². The lowest BCUT2D eigenvalue weighted by Crippen LogP contribution is -2.46. The molecule has 2 unspecified atom stereocenters. The summed E-state index contributed by atoms with van der Waals surface area (Å²) in [4.78, 5) is 2.57. The highest BCUT2D eigenvalue weighted by molar-refractivity contribution is 4.94. The first kappa shape index (κ1) is 9.47. The Balaban J connectivity index is 2.09. The summed E-state index contributed by atoms with van der Waals surface area (Å²) < 4.78 is 0. The van der Waals surface area contributed by atoms with Crippen molar-refractivity contribution in [2.75, 3.05) is 20.1 Å². The Kier molecular flexibility index (Phi) is 2.37. The molecular weight excluding hydrogens is 160 g/mol. The lowest BCUT2D eigenvalue weighted by atomic mass is 10.0. The Morgan fingerprint density at radius 3 is 2.85 bits per heavy atom. The van der Waals surface area contributed by atoms with Crippen molar-refractivity contribution in [1.29, 1.82) is 0 Å². The van der Waals surface area contributed by atoms with Gasteiger partial charge in [0.05, 0.1) is 0 Å². The van der Waals surface area contributed by atoms with Crippen LogP contribution in [-0.2, 0) is 0 Å². The number of fused-ring (bicyclic) bond motifs is 1. The van der Waals surface area contributed by atoms with Gasteiger partial charge in [-0.1, -0.05) is 6.42 Å². The molecule has 2 fully saturated rings. The van der Waals surface area contributed by atoms with E-state index < -0.39 is 0 Å². The maximum atomic E-state index is 3.68. The third kappa shape index (κ3) is 1.89. The lowest BCUT2D eigenvalue weighted by Gasteiger charge is -2.30. The van der Waals surface area contributed by atoms with Gasteiger partial charge in [0.15, 0.2) is 0 Å². The molecule has 0 aromatic rings. The lowest BCUT2D eigenvalue weighted by molar-refractivity contribution is 0.196. The molecule has 0 aromatic heterocycles. The van der Waals surface area contributed by atoms with Crippen LogP contribution >= 0.6 is 0 Å². The first-order valence-electron chi connectivity index (χ1n) is 5.54. The molecule has 0 radical (unpaired) electrons. The predicted molar refractivity (Wildman–Crippen MR) is 55.8 cm³/mol. The summed E-state index contributed by atoms with van der Waals surface area (Å²) in [6.07, 6.45) is 4.28. The number of likely N-dealkylation sites (N-methyl/N-ethyl adjacent to an activating group) is 1. The first-order chi connectivity index (χ1) is 6.08. The summed E-state index contributed by atoms with van der Waals surface area (Å²) >= 11 is 0. The molecule has 1 heterocycles. The monoisotopic (exact) mass is 182 g/mol. The average Bonchev–Trinajstić information content (AvgIpc) is 2.43. The number of hydrogen-bond donors (Lipinski definition) is 1. The Hall–Kier alpha value is -0.0800. The van der Waals surface area contributed by atoms with Gasteiger partial charge in [-0.15, -0.1) is 0 Å². The zero-order valence-electron chi connectivity index (χ0n) is 9.14. The summed E-state index contributed by atoms with van der Waals surface area (Å²) in [5.41, 5.74) is 0.305. The maximum Gasteiger partial charge on any atom is 0.0252 e. The minimum Gasteiger partial charge on any atom is -0.310 e. The average molecular weight is 182 g/mol. The molecule has 1 saturated carbocycles. The van der Waals surface area contributed by atoms with Gasteiger partial charge in [-0.05, 0) is 46.2 Å². The molecule has 1 N–H and O–H groups in total. The quantitative estimate of drug-likeness (QED) is 0.610. The van der Waals surface area contributed by atoms with E-state index in [1.807, 2.05) is 0 Å². The normalized spacial score (nSPS) is 39.9. The van der Waals surface area contributed by atoms with E-state index in [4.69, 9.17) is 0 Å². The molecule has 1 aliphatic carbocycles. The van der Waals surface area contributed by atoms with Gasteiger partial charge in [0.25, 0.3) is 0 Å². The predicted octanol–water partition coefficient (Wildman–Crippen LogP) is 1.47. The number of nitrogens with zero attached hydrogens (tertiary/aromatic N) is 1. The van der Waals surface area contributed by atoms with Crippen molar-refractivity contribution in [3.05, 3.63) is 0 Å². The fraction of sp³-hybridized carbons (Fsp3) is 1.00. The van der Waals surface area contributed by atoms with Gasteiger partial charge in [-0.25, -0.2) is 0 Å². The highest BCUT2D eigenvalue weighted by Gasteiger charge is 2.36. The Morgan fingerprint density at radius 2 is 2.08 bits per heavy atom. The van der Waals surface area contributed by atoms with E-state index in [-0.39, 0.29) is 0 Å². The van der Waals surface area contributed by atoms with Gasteiger partial charge in [-0.3, -0.25) is 0 Å². The highest BCUT2D eigenvalue weighted by atomic mass is 15.2. The van der Waals surface area contributed by atoms with Gasteiger partial charge < -0.3 is 10.2 Å². The van der Waals surface area contributed by atoms with Crippen LogP contribution in [0.2, 0.25) is 0 Å². The van der Waals surface area contributed by atoms with Crippen LogP contribution in [0.15, 0.2) is 0 Å². The van der Waals surface area contributed by atoms with Gasteiger partial charge >= 0.3 is 0 Å². The molecule has 2 rings (SSSR count). The van der Waals surface area contributed by atoms with Crippen LogP contribution in [0.4, 0.5) is 0 Å². The van der Waals surface area contributed by atoms with Gasteiger partial charge in [0.1, 0.15) is 0 Å². The van der Waals surface area contributed by atoms with Gasteiger partial charge in [-0.2, -0.15) is 0 Å². The van der Waals surface area contributed by atoms with Crippen LogP contribution in [0, 0.1) is 5.92 Å². The Morgan fingerprint density at radius 1 is 1.31 bits per heavy atom. The van der Waals surface area contributed by atoms with Crippen molar-refractivity contribution in [3.8, 4) is 0 Å². The number of rotatable bonds is 0. The minimum atomic E-state index is 0.305. The van der Waals surface area contributed by atoms with E-state index in [0.29, 0.717) is 5.54 Å². The molecule has 13 heavy (non-hydrogen) atoms. The summed E-state index contributed by atoms with van der Waals surface area (Å²) in [5, 5.41) is 3.68. The second kappa shape index (κ2) is 3.25. The molecule has 0 aromatic carbocycles. The van der Waals surface area contributed by atoms with Crippen molar-refractivity contribution in [2.24, 2.45) is 5.92 Å². The van der Waals surface area contributed by atoms with Gasteiger partial charge in [0, 0.05) is 18.1 Å². The summed E-state index contributed by atoms with van der Waals surface area (Å²) in [6, 6.07) is 0.856. The van der Waals surface area contributed by atoms with Gasteiger partial charge in [0.2, 0.25) is 0 Å². The zero-order valence-corrected chi connectivity index (χ0v) is 9.14. The number of hydrogen-bond acceptors (Lipinski definition) is 2. The fourth-order valence-electron chi connectivity index (χ4n) is 3.04. The molecule has 2 atom stereocenters. The molecule has 2 heteroatoms. The van der Waals surface area contributed by atoms with Crippen LogP contribution in [0.3, 0.4) is 0 Å². The summed E-state index contributed by atoms with van der Waals surface area (Å²) in [5.74, 6) is 0.909. The maximum absolute atomic E-state index is 3.68. The van der Waals surface area contributed by atoms with E-state index in [9.17, 15) is 0 Å². The summed E-state index contributed by atoms with van der Waals surface area (Å²) in [7, 11) is 2.29. The SMILES string of the molecule is CN1CC(C)(C)NCC2CCCC21. The fourth-order valence-corrected chi connectivity index (χ4v) is 3.04. The van der Waals surface area contributed by atoms with Crippen LogP contribution in [-0.4, -0.2) is 36.6 Å². The number of nitrogens with one attached hydrogen (secondary N) is 1. The standard InChI is InChI=1S/C11H22N2/c1-11(2)8-13(3)10-6-4-5-9(10)7-12-11/h9-10,12H,4-8H2,1-3H3. The largest absolute Gasteiger partial charge is 0.310 e. The third-order valence-corrected chi connectivity index (χ3v) is 3.67. The second-order valence-corrected chi connectivity index (χ2v) is 5.44. The van der Waals surface area contributed by atoms with E-state index in [1.54, 1.807) is 0 Å². The van der Waals surface area contributed by atoms with Crippen LogP contribution in [0.25, 0.3) is 0 Å². The van der Waals surface area contributed by atoms with Crippen molar-refractivity contribution in [2.45, 2.75) is 44.7 Å². The summed E-state index contributed by atoms with van der Waals surface area (Å²) in [6.45, 7) is 7.03. The molecule has 0 bridgehead atoms. The van der Waals surface area contributed by atoms with Crippen molar-refractivity contribution in [3.63, 3.8) is 0 Å². The Bertz CT molecular complexity index is 189. The second-order valence-electron chi connectivity index (χ2n) is 5.44. The Labute approximate surface area is 81.7 Å². The first-order valence-corrected chi connectivity index (χ1v) is 5.54. The van der Waals surface area contributed by atoms with Crippen LogP contribution < -0.4 is 5.32 Å². The molecular formula is C11H22N2. The topological polar surface area (TPSA) is 15.3 Å². The van der Waals surface area contributed by atoms with E-state index in [2.05, 4.69) is 31.1 Å². The molecule has 0 amide bonds. The van der Waals surface area contributed by atoms with Crippen molar-refractivity contribution < 1.29 is 0 Å². The van der Waals surface area contributed by atoms with E-state index in [1.165, 1.54) is 32.4 Å². The molecule has 0 spiro atoms. The molecule has 1 saturated heterocycles. The molecule has 1 aliphatic heterocycles. The van der Waals surface area contributed by atoms with Crippen molar-refractivity contribution in [1.82, 2.24) is 10.2 Å². The highest BCUT2D eigenvalue weighted by Crippen LogP contribution is 2.31. The molecule has 2 aliphatic rings. The minimum absolute atomic E-state index is 0.305. The zero-order chi connectivity index (χ0) is 9.47. The molecule has 2 nitrogen and oxygen atoms in total. The van der Waals surface area contributed by atoms with E-state index >= 15 is 0 Å². The molecule has 76 valence electrons. The van der Waals surface area contributed by atoms with E-state index in [0.717, 1.165) is 12.0 Å². The van der Waals surface area contributed by atoms with Crippen molar-refractivity contribution >= 4 is 0 Å². The van der Waals surface area contributed by atoms with Crippen LogP contribution in [0.1, 0.15) is 33.1 Å².